The van der Waals surface area contributed by atoms with Gasteiger partial charge in [-0.25, -0.2) is 0 Å². The summed E-state index contributed by atoms with van der Waals surface area (Å²) in [6, 6.07) is 26.0. The molecule has 0 saturated carbocycles. The minimum absolute atomic E-state index is 0.266. The third-order valence-electron chi connectivity index (χ3n) is 5.43. The monoisotopic (exact) mass is 401 g/mol. The molecule has 0 fully saturated rings. The fourth-order valence-electron chi connectivity index (χ4n) is 3.64. The Morgan fingerprint density at radius 1 is 0.800 bits per heavy atom. The summed E-state index contributed by atoms with van der Waals surface area (Å²) in [7, 11) is 0. The van der Waals surface area contributed by atoms with Gasteiger partial charge < -0.3 is 14.7 Å². The van der Waals surface area contributed by atoms with Crippen LogP contribution in [0.15, 0.2) is 78.9 Å². The van der Waals surface area contributed by atoms with Crippen LogP contribution >= 0.6 is 0 Å². The minimum Gasteiger partial charge on any atom is -0.508 e. The first-order valence-electron chi connectivity index (χ1n) is 10.6. The highest BCUT2D eigenvalue weighted by molar-refractivity contribution is 5.98. The van der Waals surface area contributed by atoms with Gasteiger partial charge in [0, 0.05) is 6.54 Å². The van der Waals surface area contributed by atoms with Gasteiger partial charge in [0.15, 0.2) is 0 Å². The second-order valence-electron chi connectivity index (χ2n) is 7.32. The molecule has 0 aromatic heterocycles. The average Bonchev–Trinajstić information content (AvgIpc) is 2.78. The molecule has 1 N–H and O–H groups in total. The summed E-state index contributed by atoms with van der Waals surface area (Å²) in [4.78, 5) is 2.35. The van der Waals surface area contributed by atoms with E-state index in [0.717, 1.165) is 53.2 Å². The number of aromatic hydroxyl groups is 1. The molecule has 3 nitrogen and oxygen atoms in total. The minimum atomic E-state index is 0.266. The van der Waals surface area contributed by atoms with E-state index in [1.807, 2.05) is 48.5 Å². The largest absolute Gasteiger partial charge is 0.508 e. The first-order valence-corrected chi connectivity index (χ1v) is 10.6. The standard InChI is InChI=1S/C27H31NO2/c1-4-28(5-2)18-19-30-26-16-14-23(15-17-26)27(24-12-9-13-25(29)20-24)21(3)22-10-7-6-8-11-22/h6-17,20,29H,4-5,18-19H2,1-3H3/b27-21+. The zero-order valence-electron chi connectivity index (χ0n) is 18.1. The summed E-state index contributed by atoms with van der Waals surface area (Å²) >= 11 is 0. The van der Waals surface area contributed by atoms with Crippen LogP contribution in [0.2, 0.25) is 0 Å². The van der Waals surface area contributed by atoms with Gasteiger partial charge in [-0.15, -0.1) is 0 Å². The van der Waals surface area contributed by atoms with Crippen molar-refractivity contribution in [1.29, 1.82) is 0 Å². The Morgan fingerprint density at radius 2 is 1.47 bits per heavy atom. The van der Waals surface area contributed by atoms with E-state index in [1.165, 1.54) is 0 Å². The molecule has 0 radical (unpaired) electrons. The topological polar surface area (TPSA) is 32.7 Å². The van der Waals surface area contributed by atoms with Crippen molar-refractivity contribution >= 4 is 11.1 Å². The second-order valence-corrected chi connectivity index (χ2v) is 7.32. The van der Waals surface area contributed by atoms with Crippen LogP contribution in [-0.2, 0) is 0 Å². The molecule has 0 bridgehead atoms. The number of ether oxygens (including phenoxy) is 1. The Bertz CT molecular complexity index is 958. The van der Waals surface area contributed by atoms with Gasteiger partial charge in [-0.2, -0.15) is 0 Å². The van der Waals surface area contributed by atoms with Crippen molar-refractivity contribution in [3.8, 4) is 11.5 Å². The zero-order chi connectivity index (χ0) is 21.3. The van der Waals surface area contributed by atoms with Crippen LogP contribution in [0.5, 0.6) is 11.5 Å². The Balaban J connectivity index is 1.89. The Morgan fingerprint density at radius 3 is 2.10 bits per heavy atom. The lowest BCUT2D eigenvalue weighted by Crippen LogP contribution is -2.27. The van der Waals surface area contributed by atoms with Crippen molar-refractivity contribution in [2.75, 3.05) is 26.2 Å². The predicted octanol–water partition coefficient (Wildman–Crippen LogP) is 6.09. The normalized spacial score (nSPS) is 12.0. The highest BCUT2D eigenvalue weighted by atomic mass is 16.5. The first-order chi connectivity index (χ1) is 14.6. The lowest BCUT2D eigenvalue weighted by atomic mass is 9.90. The number of benzene rings is 3. The summed E-state index contributed by atoms with van der Waals surface area (Å²) in [5, 5.41) is 10.0. The number of nitrogens with zero attached hydrogens (tertiary/aromatic N) is 1. The molecule has 0 saturated heterocycles. The molecule has 3 heteroatoms. The fraction of sp³-hybridized carbons (Fsp3) is 0.259. The number of hydrogen-bond acceptors (Lipinski definition) is 3. The van der Waals surface area contributed by atoms with Crippen LogP contribution in [0.3, 0.4) is 0 Å². The molecule has 0 spiro atoms. The number of hydrogen-bond donors (Lipinski definition) is 1. The van der Waals surface area contributed by atoms with Crippen molar-refractivity contribution in [1.82, 2.24) is 4.90 Å². The van der Waals surface area contributed by atoms with Gasteiger partial charge in [-0.05, 0) is 72.1 Å². The van der Waals surface area contributed by atoms with Gasteiger partial charge in [0.05, 0.1) is 0 Å². The smallest absolute Gasteiger partial charge is 0.119 e. The summed E-state index contributed by atoms with van der Waals surface area (Å²) < 4.78 is 5.95. The Labute approximate surface area is 180 Å². The van der Waals surface area contributed by atoms with Crippen molar-refractivity contribution in [2.24, 2.45) is 0 Å². The third-order valence-corrected chi connectivity index (χ3v) is 5.43. The molecule has 0 aliphatic carbocycles. The molecule has 30 heavy (non-hydrogen) atoms. The predicted molar refractivity (Wildman–Crippen MR) is 126 cm³/mol. The Kier molecular flexibility index (Phi) is 7.69. The zero-order valence-corrected chi connectivity index (χ0v) is 18.1. The highest BCUT2D eigenvalue weighted by Crippen LogP contribution is 2.34. The van der Waals surface area contributed by atoms with Crippen LogP contribution in [0.1, 0.15) is 37.5 Å². The number of allylic oxidation sites excluding steroid dienone is 1. The number of rotatable bonds is 9. The number of likely N-dealkylation sites (N-methyl/N-ethyl adjacent to an activating group) is 1. The van der Waals surface area contributed by atoms with Gasteiger partial charge in [0.2, 0.25) is 0 Å². The summed E-state index contributed by atoms with van der Waals surface area (Å²) in [6.45, 7) is 10.1. The van der Waals surface area contributed by atoms with Gasteiger partial charge in [0.1, 0.15) is 18.1 Å². The molecule has 0 aliphatic heterocycles. The average molecular weight is 402 g/mol. The fourth-order valence-corrected chi connectivity index (χ4v) is 3.64. The van der Waals surface area contributed by atoms with E-state index in [9.17, 15) is 5.11 Å². The molecule has 156 valence electrons. The van der Waals surface area contributed by atoms with Gasteiger partial charge >= 0.3 is 0 Å². The first kappa shape index (κ1) is 21.7. The van der Waals surface area contributed by atoms with Crippen molar-refractivity contribution in [2.45, 2.75) is 20.8 Å². The van der Waals surface area contributed by atoms with E-state index in [1.54, 1.807) is 6.07 Å². The molecule has 0 atom stereocenters. The van der Waals surface area contributed by atoms with Gasteiger partial charge in [-0.3, -0.25) is 0 Å². The van der Waals surface area contributed by atoms with E-state index in [4.69, 9.17) is 4.74 Å². The molecule has 0 heterocycles. The number of phenolic OH excluding ortho intramolecular Hbond substituents is 1. The van der Waals surface area contributed by atoms with Crippen molar-refractivity contribution < 1.29 is 9.84 Å². The molecule has 0 unspecified atom stereocenters. The SMILES string of the molecule is CCN(CC)CCOc1ccc(/C(=C(/C)c2ccccc2)c2cccc(O)c2)cc1. The number of phenols is 1. The van der Waals surface area contributed by atoms with E-state index >= 15 is 0 Å². The molecular weight excluding hydrogens is 370 g/mol. The van der Waals surface area contributed by atoms with Crippen LogP contribution in [0.25, 0.3) is 11.1 Å². The van der Waals surface area contributed by atoms with E-state index < -0.39 is 0 Å². The molecule has 3 aromatic carbocycles. The Hall–Kier alpha value is -3.04. The highest BCUT2D eigenvalue weighted by Gasteiger charge is 2.12. The van der Waals surface area contributed by atoms with E-state index in [2.05, 4.69) is 49.9 Å². The molecule has 3 aromatic rings. The molecule has 3 rings (SSSR count). The van der Waals surface area contributed by atoms with E-state index in [0.29, 0.717) is 6.61 Å². The van der Waals surface area contributed by atoms with Crippen LogP contribution < -0.4 is 4.74 Å². The van der Waals surface area contributed by atoms with Crippen molar-refractivity contribution in [3.63, 3.8) is 0 Å². The van der Waals surface area contributed by atoms with Crippen LogP contribution in [-0.4, -0.2) is 36.2 Å². The lowest BCUT2D eigenvalue weighted by Gasteiger charge is -2.18. The third kappa shape index (κ3) is 5.52. The molecule has 0 amide bonds. The maximum absolute atomic E-state index is 10.0. The summed E-state index contributed by atoms with van der Waals surface area (Å²) in [5.74, 6) is 1.14. The quantitative estimate of drug-likeness (QED) is 0.440. The summed E-state index contributed by atoms with van der Waals surface area (Å²) in [5.41, 5.74) is 5.52. The molecule has 0 aliphatic rings. The maximum Gasteiger partial charge on any atom is 0.119 e. The lowest BCUT2D eigenvalue weighted by molar-refractivity contribution is 0.223. The van der Waals surface area contributed by atoms with Crippen LogP contribution in [0.4, 0.5) is 0 Å². The van der Waals surface area contributed by atoms with Crippen molar-refractivity contribution in [3.05, 3.63) is 95.6 Å². The van der Waals surface area contributed by atoms with Gasteiger partial charge in [-0.1, -0.05) is 68.4 Å². The van der Waals surface area contributed by atoms with Gasteiger partial charge in [0.25, 0.3) is 0 Å². The molecular formula is C27H31NO2. The van der Waals surface area contributed by atoms with E-state index in [-0.39, 0.29) is 5.75 Å². The summed E-state index contributed by atoms with van der Waals surface area (Å²) in [6.07, 6.45) is 0. The van der Waals surface area contributed by atoms with Crippen LogP contribution in [0, 0.1) is 0 Å². The maximum atomic E-state index is 10.0. The second kappa shape index (κ2) is 10.7.